The molecule has 3 nitrogen and oxygen atoms in total. The van der Waals surface area contributed by atoms with Crippen LogP contribution in [-0.2, 0) is 0 Å². The van der Waals surface area contributed by atoms with Gasteiger partial charge in [0.05, 0.1) is 0 Å². The van der Waals surface area contributed by atoms with Crippen LogP contribution >= 0.6 is 0 Å². The van der Waals surface area contributed by atoms with E-state index in [4.69, 9.17) is 0 Å². The highest BCUT2D eigenvalue weighted by atomic mass is 15.5. The summed E-state index contributed by atoms with van der Waals surface area (Å²) in [5.41, 5.74) is 2.92. The number of hydrogen-bond acceptors (Lipinski definition) is 3. The first-order valence-corrected chi connectivity index (χ1v) is 3.35. The van der Waals surface area contributed by atoms with Crippen LogP contribution < -0.4 is 5.43 Å². The zero-order valence-corrected chi connectivity index (χ0v) is 6.02. The van der Waals surface area contributed by atoms with Crippen molar-refractivity contribution in [2.45, 2.75) is 19.8 Å². The Morgan fingerprint density at radius 1 is 1.78 bits per heavy atom. The predicted molar refractivity (Wildman–Crippen MR) is 38.1 cm³/mol. The van der Waals surface area contributed by atoms with Gasteiger partial charge in [-0.1, -0.05) is 6.92 Å². The monoisotopic (exact) mass is 127 g/mol. The molecule has 0 saturated heterocycles. The van der Waals surface area contributed by atoms with Gasteiger partial charge in [0.25, 0.3) is 0 Å². The van der Waals surface area contributed by atoms with E-state index in [1.54, 1.807) is 0 Å². The normalized spacial score (nSPS) is 17.6. The van der Waals surface area contributed by atoms with Gasteiger partial charge in [-0.2, -0.15) is 5.10 Å². The van der Waals surface area contributed by atoms with Crippen molar-refractivity contribution in [3.05, 3.63) is 0 Å². The number of amidine groups is 1. The zero-order chi connectivity index (χ0) is 6.69. The second-order valence-electron chi connectivity index (χ2n) is 2.29. The fourth-order valence-electron chi connectivity index (χ4n) is 0.880. The Bertz CT molecular complexity index is 119. The molecule has 0 saturated carbocycles. The molecule has 0 aromatic rings. The Kier molecular flexibility index (Phi) is 1.92. The maximum Gasteiger partial charge on any atom is 0.126 e. The molecule has 0 bridgehead atoms. The lowest BCUT2D eigenvalue weighted by Gasteiger charge is -2.09. The second kappa shape index (κ2) is 2.71. The minimum absolute atomic E-state index is 0.870. The van der Waals surface area contributed by atoms with Gasteiger partial charge in [0.15, 0.2) is 0 Å². The third-order valence-electron chi connectivity index (χ3n) is 1.43. The Labute approximate surface area is 55.7 Å². The first kappa shape index (κ1) is 6.39. The van der Waals surface area contributed by atoms with E-state index in [1.807, 2.05) is 0 Å². The number of hydrogen-bond donors (Lipinski definition) is 1. The molecule has 0 atom stereocenters. The highest BCUT2D eigenvalue weighted by Crippen LogP contribution is 1.99. The SMILES string of the molecule is CCCC1=NNCN1C. The van der Waals surface area contributed by atoms with E-state index in [9.17, 15) is 0 Å². The minimum atomic E-state index is 0.870. The molecule has 0 unspecified atom stereocenters. The lowest BCUT2D eigenvalue weighted by molar-refractivity contribution is 0.498. The van der Waals surface area contributed by atoms with Crippen LogP contribution in [-0.4, -0.2) is 24.5 Å². The molecule has 0 amide bonds. The van der Waals surface area contributed by atoms with Crippen LogP contribution in [0.5, 0.6) is 0 Å². The summed E-state index contributed by atoms with van der Waals surface area (Å²) in [6, 6.07) is 0. The van der Waals surface area contributed by atoms with Gasteiger partial charge in [-0.05, 0) is 6.42 Å². The lowest BCUT2D eigenvalue weighted by atomic mass is 10.3. The Morgan fingerprint density at radius 3 is 3.00 bits per heavy atom. The Balaban J connectivity index is 2.38. The number of hydrazone groups is 1. The van der Waals surface area contributed by atoms with Crippen LogP contribution in [0.1, 0.15) is 19.8 Å². The molecule has 0 fully saturated rings. The van der Waals surface area contributed by atoms with Crippen molar-refractivity contribution in [3.8, 4) is 0 Å². The Morgan fingerprint density at radius 2 is 2.56 bits per heavy atom. The molecule has 0 aromatic carbocycles. The molecule has 1 N–H and O–H groups in total. The summed E-state index contributed by atoms with van der Waals surface area (Å²) in [5.74, 6) is 1.18. The quantitative estimate of drug-likeness (QED) is 0.588. The number of rotatable bonds is 2. The van der Waals surface area contributed by atoms with Crippen molar-refractivity contribution in [1.29, 1.82) is 0 Å². The fraction of sp³-hybridized carbons (Fsp3) is 0.833. The third kappa shape index (κ3) is 1.34. The molecular weight excluding hydrogens is 114 g/mol. The van der Waals surface area contributed by atoms with Crippen LogP contribution in [0.3, 0.4) is 0 Å². The summed E-state index contributed by atoms with van der Waals surface area (Å²) in [7, 11) is 2.05. The minimum Gasteiger partial charge on any atom is -0.343 e. The molecular formula is C6H13N3. The molecule has 1 rings (SSSR count). The van der Waals surface area contributed by atoms with Crippen molar-refractivity contribution in [3.63, 3.8) is 0 Å². The molecule has 0 aliphatic carbocycles. The predicted octanol–water partition coefficient (Wildman–Crippen LogP) is 0.593. The van der Waals surface area contributed by atoms with E-state index >= 15 is 0 Å². The maximum absolute atomic E-state index is 4.10. The van der Waals surface area contributed by atoms with E-state index in [-0.39, 0.29) is 0 Å². The van der Waals surface area contributed by atoms with Crippen molar-refractivity contribution in [2.75, 3.05) is 13.7 Å². The lowest BCUT2D eigenvalue weighted by Crippen LogP contribution is -2.24. The molecule has 9 heavy (non-hydrogen) atoms. The topological polar surface area (TPSA) is 27.6 Å². The maximum atomic E-state index is 4.10. The van der Waals surface area contributed by atoms with Crippen LogP contribution in [0.25, 0.3) is 0 Å². The highest BCUT2D eigenvalue weighted by Gasteiger charge is 2.09. The van der Waals surface area contributed by atoms with Crippen molar-refractivity contribution in [1.82, 2.24) is 10.3 Å². The zero-order valence-electron chi connectivity index (χ0n) is 6.02. The summed E-state index contributed by atoms with van der Waals surface area (Å²) in [4.78, 5) is 2.13. The molecule has 52 valence electrons. The van der Waals surface area contributed by atoms with E-state index in [1.165, 1.54) is 12.3 Å². The summed E-state index contributed by atoms with van der Waals surface area (Å²) in [6.07, 6.45) is 2.26. The van der Waals surface area contributed by atoms with Gasteiger partial charge in [-0.25, -0.2) is 0 Å². The molecule has 0 aromatic heterocycles. The molecule has 1 aliphatic rings. The number of nitrogens with zero attached hydrogens (tertiary/aromatic N) is 2. The fourth-order valence-corrected chi connectivity index (χ4v) is 0.880. The summed E-state index contributed by atoms with van der Waals surface area (Å²) in [6.45, 7) is 3.03. The largest absolute Gasteiger partial charge is 0.343 e. The van der Waals surface area contributed by atoms with Gasteiger partial charge in [-0.15, -0.1) is 0 Å². The Hall–Kier alpha value is -0.730. The summed E-state index contributed by atoms with van der Waals surface area (Å²) >= 11 is 0. The van der Waals surface area contributed by atoms with Crippen molar-refractivity contribution < 1.29 is 0 Å². The van der Waals surface area contributed by atoms with Crippen molar-refractivity contribution >= 4 is 5.84 Å². The molecule has 0 spiro atoms. The van der Waals surface area contributed by atoms with Gasteiger partial charge in [0.2, 0.25) is 0 Å². The first-order valence-electron chi connectivity index (χ1n) is 3.35. The van der Waals surface area contributed by atoms with Gasteiger partial charge < -0.3 is 4.90 Å². The van der Waals surface area contributed by atoms with Crippen LogP contribution in [0.2, 0.25) is 0 Å². The van der Waals surface area contributed by atoms with Crippen LogP contribution in [0, 0.1) is 0 Å². The van der Waals surface area contributed by atoms with E-state index in [0.717, 1.165) is 13.1 Å². The van der Waals surface area contributed by atoms with E-state index in [0.29, 0.717) is 0 Å². The number of nitrogens with one attached hydrogen (secondary N) is 1. The molecule has 0 radical (unpaired) electrons. The highest BCUT2D eigenvalue weighted by molar-refractivity contribution is 5.82. The van der Waals surface area contributed by atoms with Gasteiger partial charge in [0, 0.05) is 13.5 Å². The van der Waals surface area contributed by atoms with E-state index in [2.05, 4.69) is 29.4 Å². The average molecular weight is 127 g/mol. The van der Waals surface area contributed by atoms with Crippen LogP contribution in [0.4, 0.5) is 0 Å². The molecule has 1 aliphatic heterocycles. The standard InChI is InChI=1S/C6H13N3/c1-3-4-6-8-7-5-9(6)2/h7H,3-5H2,1-2H3. The molecule has 1 heterocycles. The van der Waals surface area contributed by atoms with Crippen molar-refractivity contribution in [2.24, 2.45) is 5.10 Å². The first-order chi connectivity index (χ1) is 4.34. The van der Waals surface area contributed by atoms with E-state index < -0.39 is 0 Å². The average Bonchev–Trinajstić information content (AvgIpc) is 2.18. The van der Waals surface area contributed by atoms with Gasteiger partial charge in [-0.3, -0.25) is 5.43 Å². The molecule has 3 heteroatoms. The summed E-state index contributed by atoms with van der Waals surface area (Å²) < 4.78 is 0. The third-order valence-corrected chi connectivity index (χ3v) is 1.43. The van der Waals surface area contributed by atoms with Gasteiger partial charge in [0.1, 0.15) is 12.5 Å². The summed E-state index contributed by atoms with van der Waals surface area (Å²) in [5, 5.41) is 4.10. The smallest absolute Gasteiger partial charge is 0.126 e. The van der Waals surface area contributed by atoms with Crippen LogP contribution in [0.15, 0.2) is 5.10 Å². The second-order valence-corrected chi connectivity index (χ2v) is 2.29. The van der Waals surface area contributed by atoms with Gasteiger partial charge >= 0.3 is 0 Å².